The number of aromatic nitrogens is 2. The van der Waals surface area contributed by atoms with Crippen molar-refractivity contribution in [3.05, 3.63) is 43.0 Å². The zero-order chi connectivity index (χ0) is 23.7. The van der Waals surface area contributed by atoms with E-state index in [0.717, 1.165) is 50.1 Å². The van der Waals surface area contributed by atoms with E-state index >= 15 is 0 Å². The second kappa shape index (κ2) is 7.59. The zero-order valence-corrected chi connectivity index (χ0v) is 20.0. The second-order valence-corrected chi connectivity index (χ2v) is 11.8. The minimum absolute atomic E-state index is 0.121. The van der Waals surface area contributed by atoms with Crippen LogP contribution in [0.4, 0.5) is 0 Å². The van der Waals surface area contributed by atoms with E-state index in [4.69, 9.17) is 10.5 Å². The summed E-state index contributed by atoms with van der Waals surface area (Å²) in [7, 11) is 0. The summed E-state index contributed by atoms with van der Waals surface area (Å²) in [5, 5.41) is 0. The normalized spacial score (nSPS) is 35.6. The van der Waals surface area contributed by atoms with Gasteiger partial charge in [-0.2, -0.15) is 0 Å². The Kier molecular flexibility index (Phi) is 4.84. The first kappa shape index (κ1) is 21.7. The summed E-state index contributed by atoms with van der Waals surface area (Å²) < 4.78 is 8.13. The molecule has 2 amide bonds. The molecule has 34 heavy (non-hydrogen) atoms. The van der Waals surface area contributed by atoms with E-state index < -0.39 is 5.41 Å². The molecule has 5 aliphatic rings. The van der Waals surface area contributed by atoms with E-state index in [0.29, 0.717) is 24.4 Å². The highest BCUT2D eigenvalue weighted by Crippen LogP contribution is 2.61. The smallest absolute Gasteiger partial charge is 0.228 e. The van der Waals surface area contributed by atoms with Crippen LogP contribution in [0.5, 0.6) is 5.75 Å². The molecule has 1 aliphatic heterocycles. The highest BCUT2D eigenvalue weighted by atomic mass is 16.5. The van der Waals surface area contributed by atoms with Gasteiger partial charge in [-0.1, -0.05) is 13.8 Å². The van der Waals surface area contributed by atoms with Gasteiger partial charge in [-0.15, -0.1) is 0 Å². The monoisotopic (exact) mass is 462 g/mol. The minimum Gasteiger partial charge on any atom is -0.493 e. The molecule has 2 heterocycles. The molecule has 3 atom stereocenters. The van der Waals surface area contributed by atoms with E-state index in [2.05, 4.69) is 23.7 Å². The number of carbonyl (C=O) groups is 2. The third-order valence-corrected chi connectivity index (χ3v) is 9.45. The highest BCUT2D eigenvalue weighted by Gasteiger charge is 2.61. The molecular formula is C27H34N4O3. The van der Waals surface area contributed by atoms with Gasteiger partial charge in [0.05, 0.1) is 18.3 Å². The van der Waals surface area contributed by atoms with Gasteiger partial charge < -0.3 is 19.9 Å². The summed E-state index contributed by atoms with van der Waals surface area (Å²) in [4.78, 5) is 32.2. The van der Waals surface area contributed by atoms with Crippen molar-refractivity contribution >= 4 is 11.8 Å². The molecule has 180 valence electrons. The first-order valence-corrected chi connectivity index (χ1v) is 12.6. The number of hydrogen-bond acceptors (Lipinski definition) is 4. The van der Waals surface area contributed by atoms with E-state index in [-0.39, 0.29) is 29.2 Å². The van der Waals surface area contributed by atoms with Crippen LogP contribution in [-0.2, 0) is 9.59 Å². The number of likely N-dealkylation sites (tertiary alicyclic amines) is 1. The Morgan fingerprint density at radius 1 is 1.15 bits per heavy atom. The highest BCUT2D eigenvalue weighted by molar-refractivity contribution is 5.85. The number of amides is 2. The number of benzene rings is 1. The van der Waals surface area contributed by atoms with E-state index in [1.54, 1.807) is 12.5 Å². The standard InChI is InChI=1S/C27H34N4O3/c1-26(2)20(15-34-22-5-3-21(4-6-22)30-8-7-29-16-30)14-31(25(26)33)23-18-9-17-10-19(23)13-27(11-17,12-18)24(28)32/h3-8,16-20,23H,9-15H2,1-2H3,(H2,28,32). The number of ether oxygens (including phenoxy) is 1. The topological polar surface area (TPSA) is 90.5 Å². The fourth-order valence-corrected chi connectivity index (χ4v) is 7.74. The van der Waals surface area contributed by atoms with Crippen LogP contribution in [0.2, 0.25) is 0 Å². The average molecular weight is 463 g/mol. The van der Waals surface area contributed by atoms with Crippen LogP contribution in [0, 0.1) is 34.5 Å². The molecule has 7 nitrogen and oxygen atoms in total. The molecule has 0 radical (unpaired) electrons. The Labute approximate surface area is 200 Å². The number of rotatable bonds is 6. The molecular weight excluding hydrogens is 428 g/mol. The Morgan fingerprint density at radius 2 is 1.85 bits per heavy atom. The molecule has 7 heteroatoms. The van der Waals surface area contributed by atoms with Crippen LogP contribution in [0.1, 0.15) is 46.0 Å². The van der Waals surface area contributed by atoms with Gasteiger partial charge in [0.1, 0.15) is 5.75 Å². The first-order chi connectivity index (χ1) is 16.3. The van der Waals surface area contributed by atoms with Crippen molar-refractivity contribution in [2.24, 2.45) is 40.2 Å². The summed E-state index contributed by atoms with van der Waals surface area (Å²) in [6.45, 7) is 5.36. The number of hydrogen-bond donors (Lipinski definition) is 1. The summed E-state index contributed by atoms with van der Waals surface area (Å²) in [5.41, 5.74) is 6.12. The van der Waals surface area contributed by atoms with E-state index in [1.807, 2.05) is 35.0 Å². The third kappa shape index (κ3) is 3.27. The molecule has 1 saturated heterocycles. The van der Waals surface area contributed by atoms with Crippen molar-refractivity contribution in [3.63, 3.8) is 0 Å². The van der Waals surface area contributed by atoms with E-state index in [1.165, 1.54) is 0 Å². The van der Waals surface area contributed by atoms with Crippen molar-refractivity contribution in [3.8, 4) is 11.4 Å². The molecule has 7 rings (SSSR count). The van der Waals surface area contributed by atoms with Crippen molar-refractivity contribution < 1.29 is 14.3 Å². The largest absolute Gasteiger partial charge is 0.493 e. The fourth-order valence-electron chi connectivity index (χ4n) is 7.74. The molecule has 1 aromatic carbocycles. The van der Waals surface area contributed by atoms with Gasteiger partial charge in [-0.05, 0) is 74.1 Å². The van der Waals surface area contributed by atoms with Crippen molar-refractivity contribution in [2.75, 3.05) is 13.2 Å². The summed E-state index contributed by atoms with van der Waals surface area (Å²) in [6.07, 6.45) is 10.4. The Hall–Kier alpha value is -2.83. The van der Waals surface area contributed by atoms with Crippen molar-refractivity contribution in [1.82, 2.24) is 14.5 Å². The van der Waals surface area contributed by atoms with Crippen LogP contribution in [0.15, 0.2) is 43.0 Å². The maximum atomic E-state index is 13.6. The van der Waals surface area contributed by atoms with Gasteiger partial charge >= 0.3 is 0 Å². The van der Waals surface area contributed by atoms with Gasteiger partial charge in [0.15, 0.2) is 0 Å². The second-order valence-electron chi connectivity index (χ2n) is 11.8. The van der Waals surface area contributed by atoms with Gasteiger partial charge in [-0.25, -0.2) is 4.98 Å². The maximum Gasteiger partial charge on any atom is 0.228 e. The lowest BCUT2D eigenvalue weighted by atomic mass is 9.47. The SMILES string of the molecule is CC1(C)C(=O)N(C2C3CC4CC2CC(C(N)=O)(C4)C3)CC1COc1ccc(-n2ccnc2)cc1. The fraction of sp³-hybridized carbons (Fsp3) is 0.593. The quantitative estimate of drug-likeness (QED) is 0.712. The van der Waals surface area contributed by atoms with Gasteiger partial charge in [-0.3, -0.25) is 9.59 Å². The number of carbonyl (C=O) groups excluding carboxylic acids is 2. The maximum absolute atomic E-state index is 13.6. The third-order valence-electron chi connectivity index (χ3n) is 9.45. The van der Waals surface area contributed by atoms with Gasteiger partial charge in [0, 0.05) is 42.0 Å². The molecule has 2 aromatic rings. The number of primary amides is 1. The van der Waals surface area contributed by atoms with E-state index in [9.17, 15) is 9.59 Å². The van der Waals surface area contributed by atoms with Crippen LogP contribution in [0.3, 0.4) is 0 Å². The van der Waals surface area contributed by atoms with Crippen LogP contribution in [-0.4, -0.2) is 45.5 Å². The van der Waals surface area contributed by atoms with Gasteiger partial charge in [0.25, 0.3) is 0 Å². The molecule has 0 spiro atoms. The van der Waals surface area contributed by atoms with Crippen molar-refractivity contribution in [1.29, 1.82) is 0 Å². The van der Waals surface area contributed by atoms with Crippen molar-refractivity contribution in [2.45, 2.75) is 52.0 Å². The summed E-state index contributed by atoms with van der Waals surface area (Å²) in [5.74, 6) is 2.43. The molecule has 3 unspecified atom stereocenters. The lowest BCUT2D eigenvalue weighted by Gasteiger charge is -2.60. The number of nitrogens with two attached hydrogens (primary N) is 1. The zero-order valence-electron chi connectivity index (χ0n) is 20.0. The molecule has 1 aromatic heterocycles. The Bertz CT molecular complexity index is 1080. The predicted octanol–water partition coefficient (Wildman–Crippen LogP) is 3.42. The first-order valence-electron chi connectivity index (χ1n) is 12.6. The van der Waals surface area contributed by atoms with Crippen LogP contribution in [0.25, 0.3) is 5.69 Å². The van der Waals surface area contributed by atoms with Gasteiger partial charge in [0.2, 0.25) is 11.8 Å². The minimum atomic E-state index is -0.465. The summed E-state index contributed by atoms with van der Waals surface area (Å²) >= 11 is 0. The van der Waals surface area contributed by atoms with Crippen LogP contribution >= 0.6 is 0 Å². The lowest BCUT2D eigenvalue weighted by molar-refractivity contribution is -0.159. The average Bonchev–Trinajstić information content (AvgIpc) is 3.41. The molecule has 5 fully saturated rings. The summed E-state index contributed by atoms with van der Waals surface area (Å²) in [6, 6.07) is 8.21. The number of nitrogens with zero attached hydrogens (tertiary/aromatic N) is 3. The molecule has 4 bridgehead atoms. The lowest BCUT2D eigenvalue weighted by Crippen LogP contribution is -2.62. The molecule has 2 N–H and O–H groups in total. The Morgan fingerprint density at radius 3 is 2.47 bits per heavy atom. The molecule has 4 aliphatic carbocycles. The predicted molar refractivity (Wildman–Crippen MR) is 127 cm³/mol. The number of imidazole rings is 1. The Balaban J connectivity index is 1.15. The molecule has 4 saturated carbocycles. The van der Waals surface area contributed by atoms with Crippen LogP contribution < -0.4 is 10.5 Å².